The standard InChI is InChI=1S/C17H20O/c1-4-13-5-7-14(8-6-13)15-9-11-16(12-10-15)17(2,3)18/h5-12,18H,4H2,1-3H3. The molecule has 0 saturated carbocycles. The Morgan fingerprint density at radius 1 is 0.833 bits per heavy atom. The summed E-state index contributed by atoms with van der Waals surface area (Å²) < 4.78 is 0. The van der Waals surface area contributed by atoms with Crippen LogP contribution in [0.5, 0.6) is 0 Å². The van der Waals surface area contributed by atoms with Crippen LogP contribution in [-0.2, 0) is 12.0 Å². The maximum atomic E-state index is 9.92. The molecule has 0 saturated heterocycles. The Balaban J connectivity index is 2.28. The molecule has 0 aliphatic heterocycles. The molecular formula is C17H20O. The lowest BCUT2D eigenvalue weighted by Gasteiger charge is -2.17. The summed E-state index contributed by atoms with van der Waals surface area (Å²) in [4.78, 5) is 0. The van der Waals surface area contributed by atoms with Gasteiger partial charge in [0.15, 0.2) is 0 Å². The third-order valence-corrected chi connectivity index (χ3v) is 3.29. The van der Waals surface area contributed by atoms with E-state index in [1.165, 1.54) is 16.7 Å². The molecule has 0 aliphatic carbocycles. The summed E-state index contributed by atoms with van der Waals surface area (Å²) in [7, 11) is 0. The molecule has 0 aliphatic rings. The van der Waals surface area contributed by atoms with Crippen LogP contribution in [0.4, 0.5) is 0 Å². The molecule has 0 amide bonds. The summed E-state index contributed by atoms with van der Waals surface area (Å²) in [5.41, 5.74) is 3.92. The van der Waals surface area contributed by atoms with Gasteiger partial charge in [-0.2, -0.15) is 0 Å². The molecule has 0 fully saturated rings. The summed E-state index contributed by atoms with van der Waals surface area (Å²) >= 11 is 0. The van der Waals surface area contributed by atoms with E-state index in [1.807, 2.05) is 12.1 Å². The Labute approximate surface area is 109 Å². The molecule has 1 N–H and O–H groups in total. The molecule has 0 heterocycles. The second kappa shape index (κ2) is 4.95. The topological polar surface area (TPSA) is 20.2 Å². The van der Waals surface area contributed by atoms with Crippen LogP contribution in [0.2, 0.25) is 0 Å². The van der Waals surface area contributed by atoms with Crippen LogP contribution in [0.15, 0.2) is 48.5 Å². The minimum Gasteiger partial charge on any atom is -0.386 e. The van der Waals surface area contributed by atoms with Crippen LogP contribution in [0.25, 0.3) is 11.1 Å². The number of hydrogen-bond donors (Lipinski definition) is 1. The Morgan fingerprint density at radius 3 is 1.67 bits per heavy atom. The molecule has 0 atom stereocenters. The van der Waals surface area contributed by atoms with E-state index in [4.69, 9.17) is 0 Å². The third kappa shape index (κ3) is 2.80. The molecule has 18 heavy (non-hydrogen) atoms. The highest BCUT2D eigenvalue weighted by atomic mass is 16.3. The summed E-state index contributed by atoms with van der Waals surface area (Å²) in [5.74, 6) is 0. The Kier molecular flexibility index (Phi) is 3.53. The number of benzene rings is 2. The predicted octanol–water partition coefficient (Wildman–Crippen LogP) is 4.14. The van der Waals surface area contributed by atoms with Gasteiger partial charge in [-0.05, 0) is 42.5 Å². The Hall–Kier alpha value is -1.60. The van der Waals surface area contributed by atoms with E-state index in [0.717, 1.165) is 12.0 Å². The van der Waals surface area contributed by atoms with Gasteiger partial charge in [0, 0.05) is 0 Å². The van der Waals surface area contributed by atoms with Gasteiger partial charge in [-0.1, -0.05) is 55.5 Å². The van der Waals surface area contributed by atoms with Crippen molar-refractivity contribution in [2.45, 2.75) is 32.8 Å². The van der Waals surface area contributed by atoms with Crippen molar-refractivity contribution in [3.63, 3.8) is 0 Å². The quantitative estimate of drug-likeness (QED) is 0.854. The van der Waals surface area contributed by atoms with Gasteiger partial charge in [0.25, 0.3) is 0 Å². The minimum absolute atomic E-state index is 0.773. The van der Waals surface area contributed by atoms with Crippen molar-refractivity contribution in [1.29, 1.82) is 0 Å². The molecule has 2 aromatic rings. The van der Waals surface area contributed by atoms with Crippen LogP contribution in [0, 0.1) is 0 Å². The fourth-order valence-corrected chi connectivity index (χ4v) is 2.00. The SMILES string of the molecule is CCc1ccc(-c2ccc(C(C)(C)O)cc2)cc1. The molecule has 0 radical (unpaired) electrons. The molecule has 94 valence electrons. The van der Waals surface area contributed by atoms with E-state index in [2.05, 4.69) is 43.3 Å². The van der Waals surface area contributed by atoms with Gasteiger partial charge in [0.05, 0.1) is 5.60 Å². The number of aryl methyl sites for hydroxylation is 1. The van der Waals surface area contributed by atoms with E-state index in [9.17, 15) is 5.11 Å². The molecule has 0 spiro atoms. The van der Waals surface area contributed by atoms with Gasteiger partial charge in [0.2, 0.25) is 0 Å². The maximum absolute atomic E-state index is 9.92. The maximum Gasteiger partial charge on any atom is 0.0840 e. The largest absolute Gasteiger partial charge is 0.386 e. The molecule has 1 nitrogen and oxygen atoms in total. The first-order chi connectivity index (χ1) is 8.50. The lowest BCUT2D eigenvalue weighted by molar-refractivity contribution is 0.0786. The highest BCUT2D eigenvalue weighted by molar-refractivity contribution is 5.64. The molecule has 2 rings (SSSR count). The van der Waals surface area contributed by atoms with Crippen LogP contribution in [0.3, 0.4) is 0 Å². The highest BCUT2D eigenvalue weighted by Crippen LogP contribution is 2.25. The average molecular weight is 240 g/mol. The van der Waals surface area contributed by atoms with Crippen LogP contribution in [-0.4, -0.2) is 5.11 Å². The lowest BCUT2D eigenvalue weighted by Crippen LogP contribution is -2.14. The first-order valence-corrected chi connectivity index (χ1v) is 6.43. The van der Waals surface area contributed by atoms with Gasteiger partial charge in [-0.15, -0.1) is 0 Å². The molecule has 0 bridgehead atoms. The first-order valence-electron chi connectivity index (χ1n) is 6.43. The van der Waals surface area contributed by atoms with Crippen molar-refractivity contribution < 1.29 is 5.11 Å². The molecule has 0 aromatic heterocycles. The number of aliphatic hydroxyl groups is 1. The Morgan fingerprint density at radius 2 is 1.28 bits per heavy atom. The van der Waals surface area contributed by atoms with Crippen molar-refractivity contribution >= 4 is 0 Å². The van der Waals surface area contributed by atoms with Crippen molar-refractivity contribution in [2.75, 3.05) is 0 Å². The van der Waals surface area contributed by atoms with Crippen LogP contribution in [0.1, 0.15) is 31.9 Å². The molecule has 2 aromatic carbocycles. The summed E-state index contributed by atoms with van der Waals surface area (Å²) in [6.07, 6.45) is 1.07. The third-order valence-electron chi connectivity index (χ3n) is 3.29. The van der Waals surface area contributed by atoms with Crippen molar-refractivity contribution in [3.8, 4) is 11.1 Å². The van der Waals surface area contributed by atoms with E-state index < -0.39 is 5.60 Å². The first kappa shape index (κ1) is 12.8. The van der Waals surface area contributed by atoms with Gasteiger partial charge in [0.1, 0.15) is 0 Å². The van der Waals surface area contributed by atoms with Gasteiger partial charge >= 0.3 is 0 Å². The number of hydrogen-bond acceptors (Lipinski definition) is 1. The fourth-order valence-electron chi connectivity index (χ4n) is 2.00. The minimum atomic E-state index is -0.773. The zero-order valence-corrected chi connectivity index (χ0v) is 11.3. The summed E-state index contributed by atoms with van der Waals surface area (Å²) in [6, 6.07) is 16.7. The second-order valence-electron chi connectivity index (χ2n) is 5.19. The van der Waals surface area contributed by atoms with Gasteiger partial charge in [-0.25, -0.2) is 0 Å². The zero-order chi connectivity index (χ0) is 13.2. The molecule has 1 heteroatoms. The fraction of sp³-hybridized carbons (Fsp3) is 0.294. The monoisotopic (exact) mass is 240 g/mol. The van der Waals surface area contributed by atoms with Crippen LogP contribution < -0.4 is 0 Å². The zero-order valence-electron chi connectivity index (χ0n) is 11.3. The van der Waals surface area contributed by atoms with Crippen molar-refractivity contribution in [1.82, 2.24) is 0 Å². The second-order valence-corrected chi connectivity index (χ2v) is 5.19. The van der Waals surface area contributed by atoms with Crippen molar-refractivity contribution in [2.24, 2.45) is 0 Å². The van der Waals surface area contributed by atoms with Crippen LogP contribution >= 0.6 is 0 Å². The van der Waals surface area contributed by atoms with Gasteiger partial charge in [-0.3, -0.25) is 0 Å². The summed E-state index contributed by atoms with van der Waals surface area (Å²) in [6.45, 7) is 5.77. The summed E-state index contributed by atoms with van der Waals surface area (Å²) in [5, 5.41) is 9.92. The average Bonchev–Trinajstić information content (AvgIpc) is 2.38. The number of rotatable bonds is 3. The van der Waals surface area contributed by atoms with E-state index in [-0.39, 0.29) is 0 Å². The van der Waals surface area contributed by atoms with Gasteiger partial charge < -0.3 is 5.11 Å². The smallest absolute Gasteiger partial charge is 0.0840 e. The molecule has 0 unspecified atom stereocenters. The highest BCUT2D eigenvalue weighted by Gasteiger charge is 2.15. The Bertz CT molecular complexity index is 501. The molecular weight excluding hydrogens is 220 g/mol. The normalized spacial score (nSPS) is 11.6. The van der Waals surface area contributed by atoms with Crippen molar-refractivity contribution in [3.05, 3.63) is 59.7 Å². The van der Waals surface area contributed by atoms with E-state index >= 15 is 0 Å². The van der Waals surface area contributed by atoms with E-state index in [1.54, 1.807) is 13.8 Å². The lowest BCUT2D eigenvalue weighted by atomic mass is 9.95. The van der Waals surface area contributed by atoms with E-state index in [0.29, 0.717) is 0 Å². The predicted molar refractivity (Wildman–Crippen MR) is 76.5 cm³/mol.